The largest absolute Gasteiger partial charge is 1.00 e. The van der Waals surface area contributed by atoms with Gasteiger partial charge in [0.05, 0.1) is 6.10 Å². The number of hydrogen-bond donors (Lipinski definition) is 0. The van der Waals surface area contributed by atoms with Gasteiger partial charge in [0, 0.05) is 12.9 Å². The Kier molecular flexibility index (Phi) is 6.22. The van der Waals surface area contributed by atoms with Crippen LogP contribution in [0.5, 0.6) is 0 Å². The molecule has 0 bridgehead atoms. The number of methoxy groups -OCH3 is 1. The Balaban J connectivity index is 0.000001000. The van der Waals surface area contributed by atoms with Crippen LogP contribution >= 0.6 is 0 Å². The Morgan fingerprint density at radius 1 is 1.73 bits per heavy atom. The number of rotatable bonds is 4. The van der Waals surface area contributed by atoms with Crippen molar-refractivity contribution in [2.75, 3.05) is 12.9 Å². The Labute approximate surface area is 91.5 Å². The maximum atomic E-state index is 10.2. The van der Waals surface area contributed by atoms with Crippen molar-refractivity contribution in [2.45, 2.75) is 18.9 Å². The van der Waals surface area contributed by atoms with E-state index in [2.05, 4.69) is 0 Å². The molecule has 1 fully saturated rings. The first-order chi connectivity index (χ1) is 4.74. The zero-order valence-electron chi connectivity index (χ0n) is 6.91. The SMILES string of the molecule is COC(CS(=O)[O-])C1CC1.[Na+]. The minimum atomic E-state index is -1.95. The summed E-state index contributed by atoms with van der Waals surface area (Å²) < 4.78 is 25.4. The fraction of sp³-hybridized carbons (Fsp3) is 1.00. The Bertz CT molecular complexity index is 138. The first-order valence-electron chi connectivity index (χ1n) is 3.32. The van der Waals surface area contributed by atoms with Gasteiger partial charge < -0.3 is 9.29 Å². The predicted octanol–water partition coefficient (Wildman–Crippen LogP) is -2.71. The van der Waals surface area contributed by atoms with E-state index in [0.29, 0.717) is 5.92 Å². The average molecular weight is 186 g/mol. The van der Waals surface area contributed by atoms with E-state index in [1.165, 1.54) is 0 Å². The van der Waals surface area contributed by atoms with Gasteiger partial charge in [0.1, 0.15) is 0 Å². The molecule has 1 saturated carbocycles. The van der Waals surface area contributed by atoms with E-state index in [-0.39, 0.29) is 41.4 Å². The van der Waals surface area contributed by atoms with Crippen molar-refractivity contribution in [2.24, 2.45) is 5.92 Å². The third-order valence-electron chi connectivity index (χ3n) is 1.75. The van der Waals surface area contributed by atoms with Crippen molar-refractivity contribution in [1.29, 1.82) is 0 Å². The van der Waals surface area contributed by atoms with Crippen molar-refractivity contribution in [3.05, 3.63) is 0 Å². The third-order valence-corrected chi connectivity index (χ3v) is 2.35. The van der Waals surface area contributed by atoms with Crippen molar-refractivity contribution >= 4 is 11.1 Å². The summed E-state index contributed by atoms with van der Waals surface area (Å²) in [4.78, 5) is 0. The van der Waals surface area contributed by atoms with Gasteiger partial charge in [-0.2, -0.15) is 0 Å². The summed E-state index contributed by atoms with van der Waals surface area (Å²) in [5, 5.41) is 0. The predicted molar refractivity (Wildman–Crippen MR) is 37.3 cm³/mol. The Morgan fingerprint density at radius 3 is 2.55 bits per heavy atom. The van der Waals surface area contributed by atoms with Crippen molar-refractivity contribution in [3.63, 3.8) is 0 Å². The van der Waals surface area contributed by atoms with Crippen LogP contribution in [0.2, 0.25) is 0 Å². The number of hydrogen-bond acceptors (Lipinski definition) is 3. The molecule has 11 heavy (non-hydrogen) atoms. The molecule has 1 rings (SSSR count). The molecule has 0 aromatic carbocycles. The molecule has 0 aromatic rings. The zero-order valence-corrected chi connectivity index (χ0v) is 9.73. The van der Waals surface area contributed by atoms with Gasteiger partial charge in [-0.3, -0.25) is 4.21 Å². The molecule has 0 amide bonds. The molecule has 0 spiro atoms. The van der Waals surface area contributed by atoms with Crippen molar-refractivity contribution in [3.8, 4) is 0 Å². The molecule has 1 aliphatic carbocycles. The second kappa shape index (κ2) is 5.67. The van der Waals surface area contributed by atoms with Crippen molar-refractivity contribution in [1.82, 2.24) is 0 Å². The van der Waals surface area contributed by atoms with Gasteiger partial charge in [0.2, 0.25) is 0 Å². The normalized spacial score (nSPS) is 22.0. The summed E-state index contributed by atoms with van der Waals surface area (Å²) in [6, 6.07) is 0. The molecule has 60 valence electrons. The van der Waals surface area contributed by atoms with Crippen LogP contribution in [-0.2, 0) is 15.8 Å². The van der Waals surface area contributed by atoms with Crippen LogP contribution in [0.4, 0.5) is 0 Å². The minimum Gasteiger partial charge on any atom is -0.772 e. The van der Waals surface area contributed by atoms with Gasteiger partial charge in [-0.05, 0) is 18.8 Å². The zero-order chi connectivity index (χ0) is 7.56. The molecule has 0 aromatic heterocycles. The quantitative estimate of drug-likeness (QED) is 0.354. The van der Waals surface area contributed by atoms with E-state index >= 15 is 0 Å². The second-order valence-corrected chi connectivity index (χ2v) is 3.52. The van der Waals surface area contributed by atoms with Crippen LogP contribution in [0.25, 0.3) is 0 Å². The molecule has 0 saturated heterocycles. The van der Waals surface area contributed by atoms with Gasteiger partial charge in [0.15, 0.2) is 0 Å². The van der Waals surface area contributed by atoms with E-state index in [9.17, 15) is 8.76 Å². The van der Waals surface area contributed by atoms with Crippen LogP contribution in [0.3, 0.4) is 0 Å². The first kappa shape index (κ1) is 12.1. The van der Waals surface area contributed by atoms with E-state index < -0.39 is 11.1 Å². The summed E-state index contributed by atoms with van der Waals surface area (Å²) in [5.41, 5.74) is 0. The summed E-state index contributed by atoms with van der Waals surface area (Å²) in [7, 11) is 1.57. The van der Waals surface area contributed by atoms with E-state index in [0.717, 1.165) is 12.8 Å². The monoisotopic (exact) mass is 186 g/mol. The summed E-state index contributed by atoms with van der Waals surface area (Å²) in [6.07, 6.45) is 2.18. The molecule has 0 N–H and O–H groups in total. The van der Waals surface area contributed by atoms with Crippen LogP contribution in [-0.4, -0.2) is 27.7 Å². The second-order valence-electron chi connectivity index (χ2n) is 2.58. The average Bonchev–Trinajstić information content (AvgIpc) is 2.63. The Hall–Kier alpha value is 1.07. The molecular weight excluding hydrogens is 175 g/mol. The van der Waals surface area contributed by atoms with E-state index in [4.69, 9.17) is 4.74 Å². The van der Waals surface area contributed by atoms with Crippen molar-refractivity contribution < 1.29 is 43.1 Å². The van der Waals surface area contributed by atoms with E-state index in [1.54, 1.807) is 7.11 Å². The number of ether oxygens (including phenoxy) is 1. The standard InChI is InChI=1S/C6H12O3S.Na/c1-9-6(4-10(7)8)5-2-3-5;/h5-6H,2-4H2,1H3,(H,7,8);/q;+1/p-1. The van der Waals surface area contributed by atoms with Gasteiger partial charge >= 0.3 is 29.6 Å². The van der Waals surface area contributed by atoms with Gasteiger partial charge in [-0.15, -0.1) is 0 Å². The molecule has 0 aliphatic heterocycles. The van der Waals surface area contributed by atoms with Crippen LogP contribution in [0, 0.1) is 5.92 Å². The molecule has 0 radical (unpaired) electrons. The molecule has 2 unspecified atom stereocenters. The molecule has 5 heteroatoms. The van der Waals surface area contributed by atoms with Gasteiger partial charge in [0.25, 0.3) is 0 Å². The Morgan fingerprint density at radius 2 is 2.27 bits per heavy atom. The topological polar surface area (TPSA) is 49.4 Å². The van der Waals surface area contributed by atoms with Crippen LogP contribution < -0.4 is 29.6 Å². The maximum absolute atomic E-state index is 10.2. The molecule has 3 nitrogen and oxygen atoms in total. The van der Waals surface area contributed by atoms with Gasteiger partial charge in [-0.25, -0.2) is 0 Å². The minimum absolute atomic E-state index is 0. The maximum Gasteiger partial charge on any atom is 1.00 e. The fourth-order valence-electron chi connectivity index (χ4n) is 0.999. The fourth-order valence-corrected chi connectivity index (χ4v) is 1.68. The molecule has 2 atom stereocenters. The smallest absolute Gasteiger partial charge is 0.772 e. The first-order valence-corrected chi connectivity index (χ1v) is 4.57. The molecular formula is C6H11NaO3S. The van der Waals surface area contributed by atoms with Crippen LogP contribution in [0.15, 0.2) is 0 Å². The molecule has 1 aliphatic rings. The van der Waals surface area contributed by atoms with Gasteiger partial charge in [-0.1, -0.05) is 11.1 Å². The summed E-state index contributed by atoms with van der Waals surface area (Å²) in [5.74, 6) is 0.657. The third kappa shape index (κ3) is 4.60. The summed E-state index contributed by atoms with van der Waals surface area (Å²) >= 11 is -1.95. The van der Waals surface area contributed by atoms with Crippen LogP contribution in [0.1, 0.15) is 12.8 Å². The molecule has 0 heterocycles. The van der Waals surface area contributed by atoms with E-state index in [1.807, 2.05) is 0 Å². The summed E-state index contributed by atoms with van der Waals surface area (Å²) in [6.45, 7) is 0.